The number of fused-ring (bicyclic) bond motifs is 1. The van der Waals surface area contributed by atoms with Crippen molar-refractivity contribution in [1.29, 1.82) is 0 Å². The molecule has 114 valence electrons. The molecular formula is C17H24N2O2. The second kappa shape index (κ2) is 6.58. The van der Waals surface area contributed by atoms with Crippen molar-refractivity contribution in [2.24, 2.45) is 5.92 Å². The molecule has 1 heterocycles. The number of hydrogen-bond donors (Lipinski definition) is 1. The Hall–Kier alpha value is -1.39. The van der Waals surface area contributed by atoms with Gasteiger partial charge in [-0.15, -0.1) is 0 Å². The fraction of sp³-hybridized carbons (Fsp3) is 0.588. The first-order valence-electron chi connectivity index (χ1n) is 7.98. The van der Waals surface area contributed by atoms with Crippen LogP contribution in [0.2, 0.25) is 0 Å². The van der Waals surface area contributed by atoms with Crippen molar-refractivity contribution in [2.45, 2.75) is 38.8 Å². The predicted molar refractivity (Wildman–Crippen MR) is 83.3 cm³/mol. The molecule has 1 aliphatic carbocycles. The number of carbonyl (C=O) groups is 1. The third-order valence-corrected chi connectivity index (χ3v) is 4.47. The summed E-state index contributed by atoms with van der Waals surface area (Å²) in [7, 11) is 0. The maximum atomic E-state index is 12.6. The van der Waals surface area contributed by atoms with Crippen LogP contribution in [0.1, 0.15) is 31.7 Å². The summed E-state index contributed by atoms with van der Waals surface area (Å²) in [6, 6.07) is 8.21. The van der Waals surface area contributed by atoms with Crippen LogP contribution >= 0.6 is 0 Å². The summed E-state index contributed by atoms with van der Waals surface area (Å²) in [5, 5.41) is 3.38. The summed E-state index contributed by atoms with van der Waals surface area (Å²) < 4.78 is 5.58. The summed E-state index contributed by atoms with van der Waals surface area (Å²) in [5.41, 5.74) is 2.29. The zero-order valence-corrected chi connectivity index (χ0v) is 12.7. The number of hydrogen-bond acceptors (Lipinski definition) is 3. The molecule has 0 aromatic heterocycles. The number of rotatable bonds is 4. The van der Waals surface area contributed by atoms with Crippen molar-refractivity contribution in [3.8, 4) is 0 Å². The van der Waals surface area contributed by atoms with Gasteiger partial charge in [0.15, 0.2) is 0 Å². The van der Waals surface area contributed by atoms with Gasteiger partial charge in [0.1, 0.15) is 0 Å². The van der Waals surface area contributed by atoms with Crippen LogP contribution in [0.3, 0.4) is 0 Å². The Balaban J connectivity index is 1.62. The number of anilines is 1. The van der Waals surface area contributed by atoms with Crippen molar-refractivity contribution in [2.75, 3.05) is 24.6 Å². The minimum atomic E-state index is 0.256. The van der Waals surface area contributed by atoms with Crippen LogP contribution in [0.25, 0.3) is 0 Å². The van der Waals surface area contributed by atoms with Gasteiger partial charge in [-0.3, -0.25) is 4.79 Å². The Morgan fingerprint density at radius 2 is 2.19 bits per heavy atom. The van der Waals surface area contributed by atoms with Gasteiger partial charge >= 0.3 is 0 Å². The van der Waals surface area contributed by atoms with E-state index in [1.807, 2.05) is 24.0 Å². The van der Waals surface area contributed by atoms with Crippen LogP contribution in [0, 0.1) is 5.92 Å². The Kier molecular flexibility index (Phi) is 4.56. The molecule has 2 aliphatic rings. The minimum absolute atomic E-state index is 0.256. The smallest absolute Gasteiger partial charge is 0.227 e. The molecule has 0 saturated heterocycles. The van der Waals surface area contributed by atoms with Gasteiger partial charge in [-0.2, -0.15) is 0 Å². The number of para-hydroxylation sites is 1. The topological polar surface area (TPSA) is 41.6 Å². The average molecular weight is 288 g/mol. The maximum Gasteiger partial charge on any atom is 0.227 e. The lowest BCUT2D eigenvalue weighted by atomic mass is 9.79. The summed E-state index contributed by atoms with van der Waals surface area (Å²) in [4.78, 5) is 14.6. The van der Waals surface area contributed by atoms with E-state index >= 15 is 0 Å². The van der Waals surface area contributed by atoms with E-state index in [9.17, 15) is 4.79 Å². The Morgan fingerprint density at radius 3 is 3.00 bits per heavy atom. The Labute approximate surface area is 126 Å². The van der Waals surface area contributed by atoms with Crippen molar-refractivity contribution >= 4 is 11.6 Å². The van der Waals surface area contributed by atoms with Crippen LogP contribution < -0.4 is 10.2 Å². The van der Waals surface area contributed by atoms with Crippen LogP contribution in [0.4, 0.5) is 5.69 Å². The summed E-state index contributed by atoms with van der Waals surface area (Å²) in [6.07, 6.45) is 3.10. The molecule has 21 heavy (non-hydrogen) atoms. The van der Waals surface area contributed by atoms with Crippen molar-refractivity contribution in [1.82, 2.24) is 5.32 Å². The second-order valence-electron chi connectivity index (χ2n) is 5.97. The molecule has 1 aromatic rings. The van der Waals surface area contributed by atoms with Gasteiger partial charge in [-0.05, 0) is 37.3 Å². The fourth-order valence-electron chi connectivity index (χ4n) is 3.29. The van der Waals surface area contributed by atoms with Crippen molar-refractivity contribution in [3.63, 3.8) is 0 Å². The van der Waals surface area contributed by atoms with Gasteiger partial charge in [-0.1, -0.05) is 18.2 Å². The summed E-state index contributed by atoms with van der Waals surface area (Å²) in [5.74, 6) is 0.753. The standard InChI is InChI=1S/C17H24N2O2/c1-2-21-15-9-13(10-15)11-17(20)19-8-7-18-12-14-5-3-4-6-16(14)19/h3-6,13,15,18H,2,7-12H2,1H3. The molecule has 1 saturated carbocycles. The van der Waals surface area contributed by atoms with Crippen LogP contribution in [-0.4, -0.2) is 31.7 Å². The SMILES string of the molecule is CCOC1CC(CC(=O)N2CCNCc3ccccc32)C1. The molecule has 0 spiro atoms. The van der Waals surface area contributed by atoms with Crippen molar-refractivity contribution in [3.05, 3.63) is 29.8 Å². The molecule has 4 nitrogen and oxygen atoms in total. The van der Waals surface area contributed by atoms with Crippen LogP contribution in [0.5, 0.6) is 0 Å². The first-order valence-corrected chi connectivity index (χ1v) is 7.98. The minimum Gasteiger partial charge on any atom is -0.378 e. The van der Waals surface area contributed by atoms with E-state index in [4.69, 9.17) is 4.74 Å². The number of nitrogens with zero attached hydrogens (tertiary/aromatic N) is 1. The lowest BCUT2D eigenvalue weighted by Gasteiger charge is -2.35. The quantitative estimate of drug-likeness (QED) is 0.924. The lowest BCUT2D eigenvalue weighted by Crippen LogP contribution is -2.39. The molecule has 1 fully saturated rings. The average Bonchev–Trinajstić information content (AvgIpc) is 2.67. The zero-order valence-electron chi connectivity index (χ0n) is 12.7. The second-order valence-corrected chi connectivity index (χ2v) is 5.97. The number of carbonyl (C=O) groups excluding carboxylic acids is 1. The highest BCUT2D eigenvalue weighted by atomic mass is 16.5. The van der Waals surface area contributed by atoms with Gasteiger partial charge in [0.05, 0.1) is 6.10 Å². The highest BCUT2D eigenvalue weighted by Crippen LogP contribution is 2.34. The number of ether oxygens (including phenoxy) is 1. The van der Waals surface area contributed by atoms with Crippen LogP contribution in [-0.2, 0) is 16.1 Å². The molecule has 1 N–H and O–H groups in total. The van der Waals surface area contributed by atoms with E-state index in [1.165, 1.54) is 5.56 Å². The van der Waals surface area contributed by atoms with E-state index in [-0.39, 0.29) is 5.91 Å². The zero-order chi connectivity index (χ0) is 14.7. The van der Waals surface area contributed by atoms with E-state index in [2.05, 4.69) is 17.4 Å². The Morgan fingerprint density at radius 1 is 1.38 bits per heavy atom. The third kappa shape index (κ3) is 3.27. The van der Waals surface area contributed by atoms with Gasteiger partial charge < -0.3 is 15.0 Å². The number of nitrogens with one attached hydrogen (secondary N) is 1. The van der Waals surface area contributed by atoms with E-state index in [1.54, 1.807) is 0 Å². The molecule has 1 aliphatic heterocycles. The monoisotopic (exact) mass is 288 g/mol. The van der Waals surface area contributed by atoms with Gasteiger partial charge in [0, 0.05) is 38.3 Å². The third-order valence-electron chi connectivity index (χ3n) is 4.47. The van der Waals surface area contributed by atoms with Gasteiger partial charge in [0.25, 0.3) is 0 Å². The summed E-state index contributed by atoms with van der Waals surface area (Å²) in [6.45, 7) is 5.26. The Bertz CT molecular complexity index is 497. The molecular weight excluding hydrogens is 264 g/mol. The first-order chi connectivity index (χ1) is 10.3. The number of benzene rings is 1. The van der Waals surface area contributed by atoms with Crippen molar-refractivity contribution < 1.29 is 9.53 Å². The largest absolute Gasteiger partial charge is 0.378 e. The number of amides is 1. The van der Waals surface area contributed by atoms with Gasteiger partial charge in [0.2, 0.25) is 5.91 Å². The molecule has 1 aromatic carbocycles. The predicted octanol–water partition coefficient (Wildman–Crippen LogP) is 2.33. The highest BCUT2D eigenvalue weighted by Gasteiger charge is 2.33. The molecule has 3 rings (SSSR count). The van der Waals surface area contributed by atoms with Crippen LogP contribution in [0.15, 0.2) is 24.3 Å². The van der Waals surface area contributed by atoms with E-state index in [0.29, 0.717) is 18.4 Å². The fourth-order valence-corrected chi connectivity index (χ4v) is 3.29. The molecule has 1 amide bonds. The first kappa shape index (κ1) is 14.5. The molecule has 0 bridgehead atoms. The lowest BCUT2D eigenvalue weighted by molar-refractivity contribution is -0.121. The molecule has 0 atom stereocenters. The summed E-state index contributed by atoms with van der Waals surface area (Å²) >= 11 is 0. The highest BCUT2D eigenvalue weighted by molar-refractivity contribution is 5.94. The normalized spacial score (nSPS) is 24.9. The molecule has 0 radical (unpaired) electrons. The van der Waals surface area contributed by atoms with E-state index < -0.39 is 0 Å². The van der Waals surface area contributed by atoms with E-state index in [0.717, 1.165) is 44.8 Å². The van der Waals surface area contributed by atoms with Gasteiger partial charge in [-0.25, -0.2) is 0 Å². The molecule has 4 heteroatoms. The molecule has 0 unspecified atom stereocenters. The maximum absolute atomic E-state index is 12.6.